The fraction of sp³-hybridized carbons (Fsp3) is 0.556. The van der Waals surface area contributed by atoms with Crippen molar-refractivity contribution in [3.63, 3.8) is 0 Å². The Morgan fingerprint density at radius 2 is 1.36 bits per heavy atom. The second-order valence-corrected chi connectivity index (χ2v) is 16.2. The quantitative estimate of drug-likeness (QED) is 0.176. The molecule has 0 aromatic carbocycles. The molecule has 39 heavy (non-hydrogen) atoms. The van der Waals surface area contributed by atoms with E-state index in [-0.39, 0.29) is 29.5 Å². The zero-order valence-electron chi connectivity index (χ0n) is 22.3. The number of carbonyl (C=O) groups excluding carboxylic acids is 2. The lowest BCUT2D eigenvalue weighted by Crippen LogP contribution is -2.19. The normalized spacial score (nSPS) is 17.1. The van der Waals surface area contributed by atoms with Gasteiger partial charge in [-0.1, -0.05) is 5.79 Å². The fourth-order valence-electron chi connectivity index (χ4n) is 4.83. The number of nitrogen functional groups attached to an aromatic ring is 1. The highest BCUT2D eigenvalue weighted by Gasteiger charge is 2.32. The zero-order valence-corrected chi connectivity index (χ0v) is 25.9. The highest BCUT2D eigenvalue weighted by atomic mass is 35.6. The van der Waals surface area contributed by atoms with Crippen LogP contribution in [0.15, 0.2) is 0 Å². The van der Waals surface area contributed by atoms with E-state index in [0.29, 0.717) is 0 Å². The summed E-state index contributed by atoms with van der Waals surface area (Å²) in [6.45, 7) is 0. The summed E-state index contributed by atoms with van der Waals surface area (Å²) < 4.78 is 5.02. The van der Waals surface area contributed by atoms with Crippen LogP contribution in [0.4, 0.5) is 10.0 Å². The van der Waals surface area contributed by atoms with Crippen LogP contribution in [0.1, 0.15) is 83.4 Å². The van der Waals surface area contributed by atoms with Gasteiger partial charge >= 0.3 is 13.4 Å². The monoisotopic (exact) mass is 602 g/mol. The number of amides is 2. The van der Waals surface area contributed by atoms with Gasteiger partial charge in [0.25, 0.3) is 0 Å². The Bertz CT molecular complexity index is 1270. The lowest BCUT2D eigenvalue weighted by Gasteiger charge is -2.12. The average molecular weight is 603 g/mol. The van der Waals surface area contributed by atoms with Crippen LogP contribution < -0.4 is 21.1 Å². The zero-order chi connectivity index (χ0) is 28.1. The number of nitrogens with zero attached hydrogens (tertiary/aromatic N) is 1. The van der Waals surface area contributed by atoms with E-state index in [0.717, 1.165) is 85.3 Å². The van der Waals surface area contributed by atoms with E-state index in [4.69, 9.17) is 25.9 Å². The van der Waals surface area contributed by atoms with E-state index in [1.165, 1.54) is 33.7 Å². The first-order valence-electron chi connectivity index (χ1n) is 13.7. The Kier molecular flexibility index (Phi) is 10.5. The van der Waals surface area contributed by atoms with Crippen molar-refractivity contribution in [1.29, 1.82) is 10.7 Å². The molecule has 7 N–H and O–H groups in total. The van der Waals surface area contributed by atoms with Crippen molar-refractivity contribution >= 4 is 73.8 Å². The molecule has 12 heteroatoms. The number of carbonyl (C=O) groups is 2. The van der Waals surface area contributed by atoms with Crippen LogP contribution in [-0.2, 0) is 35.3 Å². The third-order valence-electron chi connectivity index (χ3n) is 7.09. The predicted octanol–water partition coefficient (Wildman–Crippen LogP) is 5.41. The van der Waals surface area contributed by atoms with Crippen molar-refractivity contribution in [1.82, 2.24) is 0 Å². The van der Waals surface area contributed by atoms with E-state index in [9.17, 15) is 14.9 Å². The van der Waals surface area contributed by atoms with E-state index in [1.54, 1.807) is 22.7 Å². The minimum atomic E-state index is -1.17. The predicted molar refractivity (Wildman–Crippen MR) is 162 cm³/mol. The van der Waals surface area contributed by atoms with Gasteiger partial charge in [-0.25, -0.2) is 10.0 Å². The van der Waals surface area contributed by atoms with Crippen molar-refractivity contribution in [3.8, 4) is 6.07 Å². The highest BCUT2D eigenvalue weighted by molar-refractivity contribution is 7.17. The number of nitrogens with two attached hydrogens (primary N) is 2. The number of nitrogens with one attached hydrogen (secondary N) is 3. The molecule has 2 saturated carbocycles. The Labute approximate surface area is 246 Å². The Morgan fingerprint density at radius 3 is 1.85 bits per heavy atom. The van der Waals surface area contributed by atoms with Crippen LogP contribution in [-0.4, -0.2) is 31.1 Å². The highest BCUT2D eigenvalue weighted by Crippen LogP contribution is 2.40. The van der Waals surface area contributed by atoms with Crippen LogP contribution in [0.2, 0.25) is 5.79 Å². The molecule has 4 aliphatic carbocycles. The number of aryl methyl sites for hydroxylation is 2. The number of rotatable bonds is 5. The van der Waals surface area contributed by atoms with E-state index in [2.05, 4.69) is 16.7 Å². The Hall–Kier alpha value is -1.92. The molecule has 0 unspecified atom stereocenters. The van der Waals surface area contributed by atoms with Crippen molar-refractivity contribution in [2.45, 2.75) is 82.8 Å². The SMILES string of the molecule is N#Cc1c(NC(=O)C2CC2)sc2c1CCCC2.N=C(N)c1c(NC(=O)C2CC2)sc2c1CCCC2.[CH3][Al]([NH2])[Cl]. The summed E-state index contributed by atoms with van der Waals surface area (Å²) in [5.74, 6) is 2.50. The maximum absolute atomic E-state index is 11.8. The summed E-state index contributed by atoms with van der Waals surface area (Å²) in [5.41, 5.74) is 9.58. The number of hydrogen-bond acceptors (Lipinski definition) is 7. The summed E-state index contributed by atoms with van der Waals surface area (Å²) in [6, 6.07) is 2.26. The summed E-state index contributed by atoms with van der Waals surface area (Å²) in [4.78, 5) is 26.2. The van der Waals surface area contributed by atoms with Crippen molar-refractivity contribution in [2.24, 2.45) is 22.3 Å². The van der Waals surface area contributed by atoms with Crippen molar-refractivity contribution < 1.29 is 9.59 Å². The van der Waals surface area contributed by atoms with Gasteiger partial charge < -0.3 is 21.1 Å². The first kappa shape index (κ1) is 30.1. The number of halogens is 1. The molecule has 0 radical (unpaired) electrons. The van der Waals surface area contributed by atoms with E-state index in [1.807, 2.05) is 5.79 Å². The van der Waals surface area contributed by atoms with Crippen LogP contribution in [0.3, 0.4) is 0 Å². The van der Waals surface area contributed by atoms with Gasteiger partial charge in [-0.3, -0.25) is 15.0 Å². The molecular weight excluding hydrogens is 567 g/mol. The third kappa shape index (κ3) is 8.07. The Balaban J connectivity index is 0.000000160. The molecule has 8 nitrogen and oxygen atoms in total. The summed E-state index contributed by atoms with van der Waals surface area (Å²) in [5, 5.41) is 24.5. The molecule has 2 amide bonds. The average Bonchev–Trinajstić information content (AvgIpc) is 3.82. The first-order chi connectivity index (χ1) is 18.7. The van der Waals surface area contributed by atoms with Crippen molar-refractivity contribution in [3.05, 3.63) is 32.0 Å². The lowest BCUT2D eigenvalue weighted by atomic mass is 9.95. The molecule has 0 aliphatic heterocycles. The first-order valence-corrected chi connectivity index (χ1v) is 18.9. The Morgan fingerprint density at radius 1 is 0.923 bits per heavy atom. The molecule has 2 aromatic rings. The number of fused-ring (bicyclic) bond motifs is 2. The number of hydrogen-bond donors (Lipinski definition) is 5. The number of thiophene rings is 2. The molecule has 208 valence electrons. The molecule has 2 fully saturated rings. The number of nitriles is 1. The van der Waals surface area contributed by atoms with Crippen molar-refractivity contribution in [2.75, 3.05) is 10.6 Å². The molecule has 0 atom stereocenters. The molecule has 0 spiro atoms. The third-order valence-corrected chi connectivity index (χ3v) is 9.51. The molecule has 6 rings (SSSR count). The molecule has 2 heterocycles. The molecule has 0 bridgehead atoms. The topological polar surface area (TPSA) is 158 Å². The maximum Gasteiger partial charge on any atom is 0.494 e. The van der Waals surface area contributed by atoms with Crippen LogP contribution >= 0.6 is 32.7 Å². The minimum absolute atomic E-state index is 0.0838. The smallest absolute Gasteiger partial charge is 0.400 e. The largest absolute Gasteiger partial charge is 0.494 e. The van der Waals surface area contributed by atoms with Gasteiger partial charge in [0.15, 0.2) is 0 Å². The van der Waals surface area contributed by atoms with Gasteiger partial charge in [-0.2, -0.15) is 5.26 Å². The summed E-state index contributed by atoms with van der Waals surface area (Å²) in [6.07, 6.45) is 12.8. The van der Waals surface area contributed by atoms with Gasteiger partial charge in [0.05, 0.1) is 11.1 Å². The van der Waals surface area contributed by atoms with Gasteiger partial charge in [0.1, 0.15) is 21.9 Å². The minimum Gasteiger partial charge on any atom is -0.400 e. The van der Waals surface area contributed by atoms with E-state index >= 15 is 0 Å². The second kappa shape index (κ2) is 13.6. The van der Waals surface area contributed by atoms with Gasteiger partial charge in [0.2, 0.25) is 11.8 Å². The maximum atomic E-state index is 11.8. The molecule has 4 aliphatic rings. The van der Waals surface area contributed by atoms with Crippen LogP contribution in [0, 0.1) is 28.6 Å². The summed E-state index contributed by atoms with van der Waals surface area (Å²) >= 11 is 2.05. The van der Waals surface area contributed by atoms with Gasteiger partial charge in [0, 0.05) is 21.6 Å². The van der Waals surface area contributed by atoms with Gasteiger partial charge in [-0.15, -0.1) is 22.7 Å². The van der Waals surface area contributed by atoms with Crippen LogP contribution in [0.25, 0.3) is 0 Å². The van der Waals surface area contributed by atoms with E-state index < -0.39 is 13.4 Å². The molecule has 2 aromatic heterocycles. The second-order valence-electron chi connectivity index (χ2n) is 10.6. The molecule has 0 saturated heterocycles. The standard InChI is InChI=1S/C13H17N3OS.C13H14N2OS.CH3.Al.ClH.H2N/c14-11(15)10-8-3-1-2-4-9(8)18-13(10)16-12(17)7-5-6-7;14-7-10-9-3-1-2-4-11(9)17-13(10)15-12(16)8-5-6-8;;;;/h7H,1-6H2,(H3,14,15)(H,16,17);8H,1-6H2,(H,15,16);1H3;;1H;1H2/q;;;+2;;-1/p-1. The fourth-order valence-corrected chi connectivity index (χ4v) is 7.38. The van der Waals surface area contributed by atoms with Crippen LogP contribution in [0.5, 0.6) is 0 Å². The summed E-state index contributed by atoms with van der Waals surface area (Å²) in [7, 11) is 5.19. The number of amidine groups is 1. The van der Waals surface area contributed by atoms with Gasteiger partial charge in [-0.05, 0) is 88.2 Å². The lowest BCUT2D eigenvalue weighted by molar-refractivity contribution is -0.118. The number of anilines is 2. The molecular formula is C27H36AlClN6O2S2.